The molecule has 2 N–H and O–H groups in total. The van der Waals surface area contributed by atoms with E-state index in [0.29, 0.717) is 38.7 Å². The van der Waals surface area contributed by atoms with Gasteiger partial charge in [0.25, 0.3) is 5.91 Å². The molecule has 184 valence electrons. The fourth-order valence-electron chi connectivity index (χ4n) is 4.60. The zero-order chi connectivity index (χ0) is 28.3. The van der Waals surface area contributed by atoms with Crippen molar-refractivity contribution >= 4 is 33.5 Å². The summed E-state index contributed by atoms with van der Waals surface area (Å²) in [5, 5.41) is 9.24. The highest BCUT2D eigenvalue weighted by molar-refractivity contribution is 6.10. The van der Waals surface area contributed by atoms with Gasteiger partial charge in [0.15, 0.2) is 0 Å². The topological polar surface area (TPSA) is 104 Å². The number of nitrogens with zero attached hydrogens (tertiary/aromatic N) is 6. The van der Waals surface area contributed by atoms with Gasteiger partial charge < -0.3 is 15.4 Å². The van der Waals surface area contributed by atoms with Gasteiger partial charge in [-0.25, -0.2) is 9.37 Å². The monoisotopic (exact) mass is 498 g/mol. The number of carbonyl (C=O) groups is 1. The first-order chi connectivity index (χ1) is 19.0. The maximum atomic E-state index is 15.2. The average Bonchev–Trinajstić information content (AvgIpc) is 3.65. The van der Waals surface area contributed by atoms with Crippen LogP contribution in [-0.4, -0.2) is 49.0 Å². The van der Waals surface area contributed by atoms with E-state index >= 15 is 4.39 Å². The second kappa shape index (κ2) is 8.34. The number of ether oxygens (including phenoxy) is 1. The van der Waals surface area contributed by atoms with Gasteiger partial charge in [-0.3, -0.25) is 14.2 Å². The van der Waals surface area contributed by atoms with Crippen molar-refractivity contribution in [3.63, 3.8) is 0 Å². The van der Waals surface area contributed by atoms with Crippen LogP contribution in [0, 0.1) is 17.7 Å². The first-order valence-corrected chi connectivity index (χ1v) is 11.3. The molecule has 1 atom stereocenters. The maximum Gasteiger partial charge on any atom is 0.257 e. The number of halogens is 1. The lowest BCUT2D eigenvalue weighted by molar-refractivity contribution is 0.0704. The molecule has 3 aromatic heterocycles. The van der Waals surface area contributed by atoms with Crippen LogP contribution in [0.15, 0.2) is 48.9 Å². The second-order valence-corrected chi connectivity index (χ2v) is 8.80. The molecule has 9 nitrogen and oxygen atoms in total. The molecule has 4 heterocycles. The van der Waals surface area contributed by atoms with Crippen molar-refractivity contribution in [3.8, 4) is 17.6 Å². The number of hydrogen-bond donors (Lipinski definition) is 1. The molecule has 37 heavy (non-hydrogen) atoms. The summed E-state index contributed by atoms with van der Waals surface area (Å²) in [6, 6.07) is 7.61. The number of pyridine rings is 1. The van der Waals surface area contributed by atoms with E-state index in [0.717, 1.165) is 10.2 Å². The zero-order valence-electron chi connectivity index (χ0n) is 22.9. The fraction of sp³-hybridized carbons (Fsp3) is 0.185. The third kappa shape index (κ3) is 3.72. The third-order valence-electron chi connectivity index (χ3n) is 6.52. The molecule has 0 radical (unpaired) electrons. The lowest BCUT2D eigenvalue weighted by Gasteiger charge is -2.24. The quantitative estimate of drug-likeness (QED) is 0.375. The SMILES string of the molecule is [2H]C([2H])([2H])n1cc(C#Cc2ccc3c(c2)OC[C@H]3N(C)C(=O)c2cc3c(cc2F)nc(N)c2cnn(C)c23)cn1. The first kappa shape index (κ1) is 19.3. The van der Waals surface area contributed by atoms with Crippen molar-refractivity contribution in [2.45, 2.75) is 6.04 Å². The molecule has 5 aromatic rings. The minimum absolute atomic E-state index is 0.0994. The Kier molecular flexibility index (Phi) is 4.35. The molecule has 0 spiro atoms. The van der Waals surface area contributed by atoms with E-state index in [1.807, 2.05) is 6.07 Å². The van der Waals surface area contributed by atoms with Gasteiger partial charge >= 0.3 is 0 Å². The molecule has 0 saturated heterocycles. The van der Waals surface area contributed by atoms with Crippen molar-refractivity contribution in [3.05, 3.63) is 77.0 Å². The average molecular weight is 499 g/mol. The predicted molar refractivity (Wildman–Crippen MR) is 136 cm³/mol. The Morgan fingerprint density at radius 2 is 2.05 bits per heavy atom. The Morgan fingerprint density at radius 3 is 2.86 bits per heavy atom. The minimum atomic E-state index is -2.37. The summed E-state index contributed by atoms with van der Waals surface area (Å²) in [5.74, 6) is 5.45. The van der Waals surface area contributed by atoms with E-state index in [4.69, 9.17) is 14.6 Å². The molecular weight excluding hydrogens is 473 g/mol. The smallest absolute Gasteiger partial charge is 0.257 e. The van der Waals surface area contributed by atoms with Crippen molar-refractivity contribution in [2.75, 3.05) is 19.4 Å². The van der Waals surface area contributed by atoms with Gasteiger partial charge in [-0.1, -0.05) is 17.9 Å². The summed E-state index contributed by atoms with van der Waals surface area (Å²) in [5.41, 5.74) is 8.78. The molecule has 2 aromatic carbocycles. The molecule has 0 unspecified atom stereocenters. The summed E-state index contributed by atoms with van der Waals surface area (Å²) >= 11 is 0. The van der Waals surface area contributed by atoms with Crippen molar-refractivity contribution in [1.29, 1.82) is 0 Å². The van der Waals surface area contributed by atoms with E-state index in [1.165, 1.54) is 29.4 Å². The number of hydrogen-bond acceptors (Lipinski definition) is 6. The molecule has 1 aliphatic heterocycles. The van der Waals surface area contributed by atoms with Crippen LogP contribution >= 0.6 is 0 Å². The number of anilines is 1. The van der Waals surface area contributed by atoms with E-state index < -0.39 is 24.7 Å². The van der Waals surface area contributed by atoms with Crippen LogP contribution in [-0.2, 0) is 14.0 Å². The van der Waals surface area contributed by atoms with Crippen molar-refractivity contribution in [1.82, 2.24) is 29.4 Å². The van der Waals surface area contributed by atoms with Crippen LogP contribution in [0.25, 0.3) is 21.8 Å². The summed E-state index contributed by atoms with van der Waals surface area (Å²) in [6.45, 7) is -2.18. The number of amides is 1. The predicted octanol–water partition coefficient (Wildman–Crippen LogP) is 3.18. The van der Waals surface area contributed by atoms with Crippen molar-refractivity contribution in [2.24, 2.45) is 14.0 Å². The molecule has 0 bridgehead atoms. The number of aromatic nitrogens is 5. The van der Waals surface area contributed by atoms with Crippen LogP contribution < -0.4 is 10.5 Å². The first-order valence-electron chi connectivity index (χ1n) is 12.8. The Hall–Kier alpha value is -4.91. The number of nitrogens with two attached hydrogens (primary N) is 1. The Labute approximate surface area is 215 Å². The molecular formula is C27H22FN7O2. The number of nitrogen functional groups attached to an aromatic ring is 1. The van der Waals surface area contributed by atoms with E-state index in [9.17, 15) is 4.79 Å². The van der Waals surface area contributed by atoms with E-state index in [1.54, 1.807) is 37.1 Å². The largest absolute Gasteiger partial charge is 0.491 e. The van der Waals surface area contributed by atoms with Crippen LogP contribution in [0.4, 0.5) is 10.2 Å². The molecule has 10 heteroatoms. The molecule has 6 rings (SSSR count). The van der Waals surface area contributed by atoms with Crippen LogP contribution in [0.3, 0.4) is 0 Å². The van der Waals surface area contributed by atoms with Crippen LogP contribution in [0.1, 0.15) is 37.2 Å². The normalized spacial score (nSPS) is 15.9. The van der Waals surface area contributed by atoms with Gasteiger partial charge in [-0.15, -0.1) is 0 Å². The molecule has 1 aliphatic rings. The lowest BCUT2D eigenvalue weighted by Crippen LogP contribution is -2.32. The Bertz CT molecular complexity index is 1900. The fourth-order valence-corrected chi connectivity index (χ4v) is 4.60. The summed E-state index contributed by atoms with van der Waals surface area (Å²) in [6.07, 6.45) is 4.33. The third-order valence-corrected chi connectivity index (χ3v) is 6.52. The number of benzene rings is 2. The number of fused-ring (bicyclic) bond motifs is 4. The van der Waals surface area contributed by atoms with E-state index in [-0.39, 0.29) is 18.0 Å². The molecule has 0 fully saturated rings. The number of carbonyl (C=O) groups excluding carboxylic acids is 1. The standard InChI is InChI=1S/C27H22FN7O2/c1-33-13-16(11-30-33)5-4-15-6-7-17-23(14-37-24(17)8-15)34(2)27(36)18-9-19-22(10-21(18)28)32-26(29)20-12-31-35(3)25(19)20/h6-13,23H,14H2,1-3H3,(H2,29,32)/t23-/m1/s1/i1D3. The maximum absolute atomic E-state index is 15.2. The van der Waals surface area contributed by atoms with Gasteiger partial charge in [-0.05, 0) is 18.2 Å². The zero-order valence-corrected chi connectivity index (χ0v) is 19.9. The van der Waals surface area contributed by atoms with Gasteiger partial charge in [-0.2, -0.15) is 10.2 Å². The highest BCUT2D eigenvalue weighted by Gasteiger charge is 2.32. The molecule has 0 aliphatic carbocycles. The van der Waals surface area contributed by atoms with Crippen molar-refractivity contribution < 1.29 is 18.0 Å². The van der Waals surface area contributed by atoms with Crippen LogP contribution in [0.2, 0.25) is 0 Å². The van der Waals surface area contributed by atoms with Gasteiger partial charge in [0, 0.05) is 54.0 Å². The number of likely N-dealkylation sites (N-methyl/N-ethyl adjacent to an activating group) is 1. The Balaban J connectivity index is 1.28. The highest BCUT2D eigenvalue weighted by Crippen LogP contribution is 2.37. The number of aryl methyl sites for hydroxylation is 2. The summed E-state index contributed by atoms with van der Waals surface area (Å²) in [7, 11) is 3.35. The summed E-state index contributed by atoms with van der Waals surface area (Å²) in [4.78, 5) is 19.3. The molecule has 0 saturated carbocycles. The Morgan fingerprint density at radius 1 is 1.22 bits per heavy atom. The van der Waals surface area contributed by atoms with Gasteiger partial charge in [0.1, 0.15) is 24.0 Å². The molecule has 1 amide bonds. The van der Waals surface area contributed by atoms with Gasteiger partial charge in [0.05, 0.1) is 46.0 Å². The number of rotatable bonds is 2. The van der Waals surface area contributed by atoms with Crippen LogP contribution in [0.5, 0.6) is 5.75 Å². The van der Waals surface area contributed by atoms with Gasteiger partial charge in [0.2, 0.25) is 0 Å². The summed E-state index contributed by atoms with van der Waals surface area (Å²) < 4.78 is 45.7. The lowest BCUT2D eigenvalue weighted by atomic mass is 10.0. The second-order valence-electron chi connectivity index (χ2n) is 8.80. The van der Waals surface area contributed by atoms with E-state index in [2.05, 4.69) is 27.0 Å². The minimum Gasteiger partial charge on any atom is -0.491 e. The highest BCUT2D eigenvalue weighted by atomic mass is 19.1.